The Kier molecular flexibility index (Phi) is 10.4. The van der Waals surface area contributed by atoms with Crippen molar-refractivity contribution in [3.05, 3.63) is 46.3 Å². The molecule has 0 aliphatic carbocycles. The number of hydrogen-bond acceptors (Lipinski definition) is 9. The molecule has 10 nitrogen and oxygen atoms in total. The summed E-state index contributed by atoms with van der Waals surface area (Å²) >= 11 is 0. The second-order valence-electron chi connectivity index (χ2n) is 12.2. The lowest BCUT2D eigenvalue weighted by Crippen LogP contribution is -2.36. The van der Waals surface area contributed by atoms with E-state index in [-0.39, 0.29) is 60.3 Å². The number of nitrogens with one attached hydrogen (secondary N) is 1. The zero-order chi connectivity index (χ0) is 32.2. The Balaban J connectivity index is 1.65. The van der Waals surface area contributed by atoms with E-state index in [9.17, 15) is 14.7 Å². The van der Waals surface area contributed by atoms with Gasteiger partial charge < -0.3 is 33.9 Å². The second-order valence-corrected chi connectivity index (χ2v) is 12.2. The molecule has 2 heterocycles. The number of ether oxygens (including phenoxy) is 4. The minimum absolute atomic E-state index is 0.0758. The molecule has 2 N–H and O–H groups in total. The number of ketones is 1. The maximum atomic E-state index is 15.3. The molecule has 0 saturated carbocycles. The van der Waals surface area contributed by atoms with Crippen molar-refractivity contribution < 1.29 is 38.0 Å². The minimum atomic E-state index is -0.684. The Labute approximate surface area is 258 Å². The van der Waals surface area contributed by atoms with E-state index < -0.39 is 11.2 Å². The summed E-state index contributed by atoms with van der Waals surface area (Å²) in [5.74, 6) is -0.464. The van der Waals surface area contributed by atoms with Crippen LogP contribution in [0.1, 0.15) is 80.4 Å². The number of halogens is 1. The van der Waals surface area contributed by atoms with E-state index in [0.717, 1.165) is 11.3 Å². The number of carbonyl (C=O) groups excluding carboxylic acids is 2. The summed E-state index contributed by atoms with van der Waals surface area (Å²) in [5, 5.41) is 18.8. The predicted molar refractivity (Wildman–Crippen MR) is 165 cm³/mol. The molecule has 0 radical (unpaired) electrons. The van der Waals surface area contributed by atoms with Crippen LogP contribution in [-0.4, -0.2) is 80.8 Å². The fraction of sp³-hybridized carbons (Fsp3) is 0.545. The smallest absolute Gasteiger partial charge is 0.305 e. The van der Waals surface area contributed by atoms with Gasteiger partial charge in [-0.05, 0) is 55.4 Å². The number of Topliss-reactive ketones (excluding diaryl/α,β-unsaturated/α-hetero) is 1. The summed E-state index contributed by atoms with van der Waals surface area (Å²) in [4.78, 5) is 29.4. The van der Waals surface area contributed by atoms with Crippen molar-refractivity contribution in [2.45, 2.75) is 71.4 Å². The fourth-order valence-corrected chi connectivity index (χ4v) is 5.67. The van der Waals surface area contributed by atoms with Crippen molar-refractivity contribution in [3.63, 3.8) is 0 Å². The number of nitrogens with zero attached hydrogens (tertiary/aromatic N) is 2. The molecule has 0 unspecified atom stereocenters. The first-order valence-corrected chi connectivity index (χ1v) is 15.1. The number of carbonyl (C=O) groups is 2. The quantitative estimate of drug-likeness (QED) is 0.197. The lowest BCUT2D eigenvalue weighted by Gasteiger charge is -2.35. The highest BCUT2D eigenvalue weighted by Gasteiger charge is 2.34. The third-order valence-corrected chi connectivity index (χ3v) is 8.02. The standard InChI is InChI=1S/C33H44FN3O7/c1-7-43-27(40)9-8-14-44-30-23(33(2,3)4)15-20(16-24(30)36-12-10-22(38)11-13-36)25(39)19-37-18-21-17-26(41-5)31(42-6)29(34)28(21)32(37)35/h15-17,22,35,38H,7-14,18-19H2,1-6H3. The summed E-state index contributed by atoms with van der Waals surface area (Å²) in [5.41, 5.74) is 2.29. The maximum absolute atomic E-state index is 15.3. The van der Waals surface area contributed by atoms with Crippen molar-refractivity contribution >= 4 is 23.3 Å². The van der Waals surface area contributed by atoms with Gasteiger partial charge in [-0.1, -0.05) is 20.8 Å². The molecule has 4 rings (SSSR count). The van der Waals surface area contributed by atoms with Gasteiger partial charge in [-0.25, -0.2) is 4.39 Å². The van der Waals surface area contributed by atoms with Crippen molar-refractivity contribution in [1.82, 2.24) is 4.90 Å². The molecule has 0 bridgehead atoms. The molecule has 2 aromatic rings. The van der Waals surface area contributed by atoms with Crippen LogP contribution in [0, 0.1) is 11.2 Å². The van der Waals surface area contributed by atoms with Crippen molar-refractivity contribution in [1.29, 1.82) is 5.41 Å². The number of hydrogen-bond donors (Lipinski definition) is 2. The first-order valence-electron chi connectivity index (χ1n) is 15.1. The van der Waals surface area contributed by atoms with Crippen LogP contribution in [0.2, 0.25) is 0 Å². The Hall–Kier alpha value is -3.86. The average Bonchev–Trinajstić information content (AvgIpc) is 3.29. The van der Waals surface area contributed by atoms with Crippen LogP contribution in [0.3, 0.4) is 0 Å². The molecular weight excluding hydrogens is 569 g/mol. The topological polar surface area (TPSA) is 122 Å². The van der Waals surface area contributed by atoms with E-state index in [4.69, 9.17) is 24.4 Å². The largest absolute Gasteiger partial charge is 0.493 e. The molecule has 0 amide bonds. The molecule has 44 heavy (non-hydrogen) atoms. The van der Waals surface area contributed by atoms with Crippen LogP contribution in [0.4, 0.5) is 10.1 Å². The van der Waals surface area contributed by atoms with Crippen LogP contribution >= 0.6 is 0 Å². The molecule has 0 spiro atoms. The number of esters is 1. The SMILES string of the molecule is CCOC(=O)CCCOc1c(N2CCC(O)CC2)cc(C(=O)CN2Cc3cc(OC)c(OC)c(F)c3C2=N)cc1C(C)(C)C. The van der Waals surface area contributed by atoms with Gasteiger partial charge >= 0.3 is 5.97 Å². The number of amidine groups is 1. The predicted octanol–water partition coefficient (Wildman–Crippen LogP) is 4.85. The summed E-state index contributed by atoms with van der Waals surface area (Å²) in [7, 11) is 2.76. The summed E-state index contributed by atoms with van der Waals surface area (Å²) < 4.78 is 37.2. The molecule has 0 atom stereocenters. The number of rotatable bonds is 12. The number of fused-ring (bicyclic) bond motifs is 1. The number of benzene rings is 2. The monoisotopic (exact) mass is 613 g/mol. The Morgan fingerprint density at radius 3 is 2.41 bits per heavy atom. The number of methoxy groups -OCH3 is 2. The van der Waals surface area contributed by atoms with Gasteiger partial charge in [0.15, 0.2) is 23.1 Å². The van der Waals surface area contributed by atoms with Crippen molar-refractivity contribution in [2.24, 2.45) is 0 Å². The Morgan fingerprint density at radius 1 is 1.09 bits per heavy atom. The first-order chi connectivity index (χ1) is 20.9. The molecular formula is C33H44FN3O7. The van der Waals surface area contributed by atoms with Gasteiger partial charge in [0, 0.05) is 37.2 Å². The number of piperidine rings is 1. The van der Waals surface area contributed by atoms with Gasteiger partial charge in [0.2, 0.25) is 0 Å². The molecule has 2 aliphatic heterocycles. The highest BCUT2D eigenvalue weighted by molar-refractivity contribution is 6.06. The molecule has 2 aliphatic rings. The van der Waals surface area contributed by atoms with Gasteiger partial charge in [0.25, 0.3) is 0 Å². The lowest BCUT2D eigenvalue weighted by molar-refractivity contribution is -0.143. The van der Waals surface area contributed by atoms with Crippen LogP contribution in [-0.2, 0) is 21.5 Å². The summed E-state index contributed by atoms with van der Waals surface area (Å²) in [6, 6.07) is 5.30. The third kappa shape index (κ3) is 7.09. The van der Waals surface area contributed by atoms with Gasteiger partial charge in [-0.3, -0.25) is 15.0 Å². The van der Waals surface area contributed by atoms with E-state index in [1.54, 1.807) is 17.9 Å². The van der Waals surface area contributed by atoms with Gasteiger partial charge in [0.1, 0.15) is 11.6 Å². The normalized spacial score (nSPS) is 15.3. The summed E-state index contributed by atoms with van der Waals surface area (Å²) in [6.45, 7) is 9.77. The highest BCUT2D eigenvalue weighted by Crippen LogP contribution is 2.42. The van der Waals surface area contributed by atoms with E-state index in [2.05, 4.69) is 4.90 Å². The zero-order valence-corrected chi connectivity index (χ0v) is 26.5. The molecule has 2 aromatic carbocycles. The van der Waals surface area contributed by atoms with Gasteiger partial charge in [-0.2, -0.15) is 0 Å². The van der Waals surface area contributed by atoms with Crippen LogP contribution in [0.25, 0.3) is 0 Å². The Bertz CT molecular complexity index is 1400. The fourth-order valence-electron chi connectivity index (χ4n) is 5.67. The van der Waals surface area contributed by atoms with Crippen LogP contribution in [0.5, 0.6) is 17.2 Å². The lowest BCUT2D eigenvalue weighted by atomic mass is 9.84. The van der Waals surface area contributed by atoms with Gasteiger partial charge in [0.05, 0.1) is 51.3 Å². The molecule has 1 fully saturated rings. The molecule has 240 valence electrons. The first kappa shape index (κ1) is 33.0. The zero-order valence-electron chi connectivity index (χ0n) is 26.5. The number of aliphatic hydroxyl groups is 1. The third-order valence-electron chi connectivity index (χ3n) is 8.02. The summed E-state index contributed by atoms with van der Waals surface area (Å²) in [6.07, 6.45) is 1.51. The van der Waals surface area contributed by atoms with E-state index in [0.29, 0.717) is 62.4 Å². The maximum Gasteiger partial charge on any atom is 0.305 e. The number of aliphatic hydroxyl groups excluding tert-OH is 1. The molecule has 1 saturated heterocycles. The number of anilines is 1. The van der Waals surface area contributed by atoms with Crippen molar-refractivity contribution in [3.8, 4) is 17.2 Å². The molecule has 11 heteroatoms. The van der Waals surface area contributed by atoms with E-state index in [1.165, 1.54) is 14.2 Å². The van der Waals surface area contributed by atoms with Crippen LogP contribution < -0.4 is 19.1 Å². The van der Waals surface area contributed by atoms with Crippen molar-refractivity contribution in [2.75, 3.05) is 52.0 Å². The Morgan fingerprint density at radius 2 is 1.80 bits per heavy atom. The second kappa shape index (κ2) is 13.8. The minimum Gasteiger partial charge on any atom is -0.493 e. The van der Waals surface area contributed by atoms with Crippen LogP contribution in [0.15, 0.2) is 18.2 Å². The average molecular weight is 614 g/mol. The highest BCUT2D eigenvalue weighted by atomic mass is 19.1. The van der Waals surface area contributed by atoms with E-state index in [1.807, 2.05) is 32.9 Å². The van der Waals surface area contributed by atoms with E-state index >= 15 is 4.39 Å². The van der Waals surface area contributed by atoms with Gasteiger partial charge in [-0.15, -0.1) is 0 Å². The molecule has 0 aromatic heterocycles.